The highest BCUT2D eigenvalue weighted by Gasteiger charge is 2.07. The Morgan fingerprint density at radius 2 is 0.784 bits per heavy atom. The first-order valence-electron chi connectivity index (χ1n) is 10.7. The number of benzene rings is 4. The molecule has 188 valence electrons. The Labute approximate surface area is 232 Å². The molecule has 0 atom stereocenters. The second-order valence-electron chi connectivity index (χ2n) is 7.57. The molecule has 0 aliphatic heterocycles. The molecule has 0 heterocycles. The number of halogens is 4. The van der Waals surface area contributed by atoms with Crippen LogP contribution in [0.25, 0.3) is 0 Å². The van der Waals surface area contributed by atoms with E-state index in [1.807, 2.05) is 0 Å². The quantitative estimate of drug-likeness (QED) is 0.184. The van der Waals surface area contributed by atoms with E-state index in [9.17, 15) is 9.59 Å². The van der Waals surface area contributed by atoms with Gasteiger partial charge in [-0.3, -0.25) is 0 Å². The molecule has 4 aromatic carbocycles. The van der Waals surface area contributed by atoms with Crippen LogP contribution in [0, 0.1) is 0 Å². The smallest absolute Gasteiger partial charge is 0.323 e. The topological polar surface area (TPSA) is 91.5 Å². The molecular formula is C26H18Cl4N4O3. The number of ether oxygens (including phenoxy) is 1. The monoisotopic (exact) mass is 574 g/mol. The van der Waals surface area contributed by atoms with Gasteiger partial charge in [0.25, 0.3) is 0 Å². The predicted octanol–water partition coefficient (Wildman–Crippen LogP) is 9.38. The second-order valence-corrected chi connectivity index (χ2v) is 9.20. The van der Waals surface area contributed by atoms with Crippen molar-refractivity contribution in [3.63, 3.8) is 0 Å². The van der Waals surface area contributed by atoms with E-state index in [1.54, 1.807) is 84.9 Å². The Morgan fingerprint density at radius 1 is 0.459 bits per heavy atom. The summed E-state index contributed by atoms with van der Waals surface area (Å²) in [6.45, 7) is 0. The summed E-state index contributed by atoms with van der Waals surface area (Å²) in [7, 11) is 0. The minimum absolute atomic E-state index is 0.344. The first-order valence-corrected chi connectivity index (χ1v) is 12.2. The van der Waals surface area contributed by atoms with Crippen molar-refractivity contribution in [3.8, 4) is 11.5 Å². The van der Waals surface area contributed by atoms with Crippen molar-refractivity contribution in [1.29, 1.82) is 0 Å². The minimum atomic E-state index is -0.432. The molecule has 0 saturated heterocycles. The first-order chi connectivity index (χ1) is 17.7. The van der Waals surface area contributed by atoms with Gasteiger partial charge in [-0.05, 0) is 84.9 Å². The van der Waals surface area contributed by atoms with Gasteiger partial charge in [-0.1, -0.05) is 46.4 Å². The molecule has 0 unspecified atom stereocenters. The van der Waals surface area contributed by atoms with E-state index in [2.05, 4.69) is 21.3 Å². The lowest BCUT2D eigenvalue weighted by atomic mass is 10.3. The molecule has 0 radical (unpaired) electrons. The summed E-state index contributed by atoms with van der Waals surface area (Å²) in [4.78, 5) is 24.4. The van der Waals surface area contributed by atoms with Crippen LogP contribution in [-0.4, -0.2) is 12.1 Å². The molecule has 4 aromatic rings. The van der Waals surface area contributed by atoms with Crippen LogP contribution in [0.15, 0.2) is 84.9 Å². The number of urea groups is 2. The van der Waals surface area contributed by atoms with E-state index < -0.39 is 12.1 Å². The SMILES string of the molecule is O=C(Nc1ccc(Oc2ccc(NC(=O)Nc3ccc(Cl)c(Cl)c3)cc2)cc1)Nc1ccc(Cl)c(Cl)c1. The van der Waals surface area contributed by atoms with Crippen molar-refractivity contribution in [1.82, 2.24) is 0 Å². The highest BCUT2D eigenvalue weighted by molar-refractivity contribution is 6.42. The van der Waals surface area contributed by atoms with Crippen molar-refractivity contribution in [2.75, 3.05) is 21.3 Å². The third-order valence-electron chi connectivity index (χ3n) is 4.82. The Morgan fingerprint density at radius 3 is 1.14 bits per heavy atom. The summed E-state index contributed by atoms with van der Waals surface area (Å²) < 4.78 is 5.83. The molecule has 4 N–H and O–H groups in total. The van der Waals surface area contributed by atoms with Crippen molar-refractivity contribution >= 4 is 81.2 Å². The molecular weight excluding hydrogens is 558 g/mol. The number of rotatable bonds is 6. The summed E-state index contributed by atoms with van der Waals surface area (Å²) >= 11 is 23.7. The fourth-order valence-electron chi connectivity index (χ4n) is 3.08. The van der Waals surface area contributed by atoms with E-state index in [4.69, 9.17) is 51.1 Å². The van der Waals surface area contributed by atoms with E-state index in [0.29, 0.717) is 54.3 Å². The maximum Gasteiger partial charge on any atom is 0.323 e. The molecule has 4 amide bonds. The summed E-state index contributed by atoms with van der Waals surface area (Å²) in [5, 5.41) is 12.3. The largest absolute Gasteiger partial charge is 0.457 e. The molecule has 37 heavy (non-hydrogen) atoms. The zero-order chi connectivity index (χ0) is 26.4. The molecule has 0 bridgehead atoms. The van der Waals surface area contributed by atoms with Crippen molar-refractivity contribution in [3.05, 3.63) is 105 Å². The zero-order valence-electron chi connectivity index (χ0n) is 18.8. The highest BCUT2D eigenvalue weighted by atomic mass is 35.5. The Hall–Kier alpha value is -3.62. The van der Waals surface area contributed by atoms with Crippen LogP contribution in [0.5, 0.6) is 11.5 Å². The van der Waals surface area contributed by atoms with Gasteiger partial charge in [0, 0.05) is 22.7 Å². The Balaban J connectivity index is 1.27. The fourth-order valence-corrected chi connectivity index (χ4v) is 3.68. The summed E-state index contributed by atoms with van der Waals surface area (Å²) in [5.74, 6) is 1.13. The summed E-state index contributed by atoms with van der Waals surface area (Å²) in [6.07, 6.45) is 0. The predicted molar refractivity (Wildman–Crippen MR) is 151 cm³/mol. The fraction of sp³-hybridized carbons (Fsp3) is 0. The average Bonchev–Trinajstić information content (AvgIpc) is 2.86. The van der Waals surface area contributed by atoms with Gasteiger partial charge < -0.3 is 26.0 Å². The van der Waals surface area contributed by atoms with Gasteiger partial charge in [-0.2, -0.15) is 0 Å². The van der Waals surface area contributed by atoms with Gasteiger partial charge in [0.15, 0.2) is 0 Å². The second kappa shape index (κ2) is 12.1. The summed E-state index contributed by atoms with van der Waals surface area (Å²) in [5.41, 5.74) is 2.16. The maximum absolute atomic E-state index is 12.2. The van der Waals surface area contributed by atoms with Crippen LogP contribution in [-0.2, 0) is 0 Å². The normalized spacial score (nSPS) is 10.4. The average molecular weight is 576 g/mol. The van der Waals surface area contributed by atoms with Crippen LogP contribution < -0.4 is 26.0 Å². The number of hydrogen-bond acceptors (Lipinski definition) is 3. The number of carbonyl (C=O) groups is 2. The lowest BCUT2D eigenvalue weighted by Gasteiger charge is -2.11. The van der Waals surface area contributed by atoms with E-state index in [0.717, 1.165) is 0 Å². The maximum atomic E-state index is 12.2. The van der Waals surface area contributed by atoms with Crippen LogP contribution >= 0.6 is 46.4 Å². The number of carbonyl (C=O) groups excluding carboxylic acids is 2. The van der Waals surface area contributed by atoms with Gasteiger partial charge in [-0.25, -0.2) is 9.59 Å². The van der Waals surface area contributed by atoms with Crippen molar-refractivity contribution in [2.24, 2.45) is 0 Å². The van der Waals surface area contributed by atoms with Crippen molar-refractivity contribution in [2.45, 2.75) is 0 Å². The minimum Gasteiger partial charge on any atom is -0.457 e. The third-order valence-corrected chi connectivity index (χ3v) is 6.29. The molecule has 4 rings (SSSR count). The number of anilines is 4. The van der Waals surface area contributed by atoms with Crippen LogP contribution in [0.2, 0.25) is 20.1 Å². The number of hydrogen-bond donors (Lipinski definition) is 4. The van der Waals surface area contributed by atoms with E-state index in [1.165, 1.54) is 0 Å². The Kier molecular flexibility index (Phi) is 8.63. The standard InChI is InChI=1S/C26H18Cl4N4O3/c27-21-11-5-17(13-23(21)29)33-25(35)31-15-1-7-19(8-2-15)37-20-9-3-16(4-10-20)32-26(36)34-18-6-12-22(28)24(30)14-18/h1-14H,(H2,31,33,35)(H2,32,34,36). The van der Waals surface area contributed by atoms with Crippen LogP contribution in [0.1, 0.15) is 0 Å². The molecule has 0 spiro atoms. The lowest BCUT2D eigenvalue weighted by Crippen LogP contribution is -2.19. The molecule has 0 aliphatic carbocycles. The molecule has 11 heteroatoms. The lowest BCUT2D eigenvalue weighted by molar-refractivity contribution is 0.261. The van der Waals surface area contributed by atoms with Gasteiger partial charge in [0.1, 0.15) is 11.5 Å². The third kappa shape index (κ3) is 7.68. The summed E-state index contributed by atoms with van der Waals surface area (Å²) in [6, 6.07) is 22.4. The number of amides is 4. The molecule has 0 saturated carbocycles. The molecule has 0 aromatic heterocycles. The Bertz CT molecular complexity index is 1320. The van der Waals surface area contributed by atoms with Crippen LogP contribution in [0.3, 0.4) is 0 Å². The van der Waals surface area contributed by atoms with E-state index in [-0.39, 0.29) is 0 Å². The molecule has 0 fully saturated rings. The number of nitrogens with one attached hydrogen (secondary N) is 4. The van der Waals surface area contributed by atoms with Crippen molar-refractivity contribution < 1.29 is 14.3 Å². The molecule has 0 aliphatic rings. The van der Waals surface area contributed by atoms with Gasteiger partial charge in [0.2, 0.25) is 0 Å². The van der Waals surface area contributed by atoms with Gasteiger partial charge in [-0.15, -0.1) is 0 Å². The van der Waals surface area contributed by atoms with Gasteiger partial charge in [0.05, 0.1) is 20.1 Å². The van der Waals surface area contributed by atoms with Gasteiger partial charge >= 0.3 is 12.1 Å². The first kappa shape index (κ1) is 26.4. The highest BCUT2D eigenvalue weighted by Crippen LogP contribution is 2.27. The van der Waals surface area contributed by atoms with E-state index >= 15 is 0 Å². The molecule has 7 nitrogen and oxygen atoms in total. The zero-order valence-corrected chi connectivity index (χ0v) is 21.8. The van der Waals surface area contributed by atoms with Crippen LogP contribution in [0.4, 0.5) is 32.3 Å².